The Hall–Kier alpha value is -3.01. The van der Waals surface area contributed by atoms with Crippen molar-refractivity contribution < 1.29 is 27.2 Å². The molecular formula is C22H22ClF3N4O3. The maximum atomic E-state index is 13.8. The third kappa shape index (κ3) is 4.19. The summed E-state index contributed by atoms with van der Waals surface area (Å²) in [6, 6.07) is 2.54. The highest BCUT2D eigenvalue weighted by molar-refractivity contribution is 6.33. The summed E-state index contributed by atoms with van der Waals surface area (Å²) < 4.78 is 47.4. The maximum absolute atomic E-state index is 13.8. The monoisotopic (exact) mass is 482 g/mol. The molecule has 2 amide bonds. The lowest BCUT2D eigenvalue weighted by Crippen LogP contribution is -2.55. The van der Waals surface area contributed by atoms with Gasteiger partial charge in [-0.25, -0.2) is 4.98 Å². The summed E-state index contributed by atoms with van der Waals surface area (Å²) in [6.07, 6.45) is 0.894. The number of fused-ring (bicyclic) bond motifs is 1. The average Bonchev–Trinajstić information content (AvgIpc) is 3.42. The van der Waals surface area contributed by atoms with Gasteiger partial charge < -0.3 is 14.2 Å². The van der Waals surface area contributed by atoms with E-state index in [-0.39, 0.29) is 41.4 Å². The molecule has 0 spiro atoms. The van der Waals surface area contributed by atoms with Gasteiger partial charge in [0.15, 0.2) is 11.3 Å². The number of pyridine rings is 1. The average molecular weight is 483 g/mol. The first kappa shape index (κ1) is 23.2. The molecule has 0 atom stereocenters. The van der Waals surface area contributed by atoms with E-state index < -0.39 is 23.3 Å². The van der Waals surface area contributed by atoms with Crippen LogP contribution >= 0.6 is 11.6 Å². The van der Waals surface area contributed by atoms with E-state index >= 15 is 0 Å². The topological polar surface area (TPSA) is 71.1 Å². The Morgan fingerprint density at radius 1 is 1.24 bits per heavy atom. The SMILES string of the molecule is CCC(CC)N1CCN(C(=O)c2nc3c(C(F)(F)F)cc(-c4ccoc4)cn3c2Cl)CC1=O. The molecule has 176 valence electrons. The molecule has 1 fully saturated rings. The van der Waals surface area contributed by atoms with E-state index in [0.717, 1.165) is 23.3 Å². The predicted octanol–water partition coefficient (Wildman–Crippen LogP) is 4.74. The van der Waals surface area contributed by atoms with Crippen molar-refractivity contribution in [1.82, 2.24) is 19.2 Å². The fourth-order valence-electron chi connectivity index (χ4n) is 4.17. The van der Waals surface area contributed by atoms with E-state index in [1.807, 2.05) is 13.8 Å². The van der Waals surface area contributed by atoms with Crippen LogP contribution in [-0.4, -0.2) is 56.7 Å². The minimum absolute atomic E-state index is 0.0872. The minimum atomic E-state index is -4.73. The molecule has 0 aliphatic carbocycles. The standard InChI is InChI=1S/C22H22ClF3N4O3/c1-3-15(4-2)29-7-6-28(11-17(29)31)21(32)18-19(23)30-10-14(13-5-8-33-12-13)9-16(20(30)27-18)22(24,25)26/h5,8-10,12,15H,3-4,6-7,11H2,1-2H3. The molecule has 0 bridgehead atoms. The molecule has 11 heteroatoms. The van der Waals surface area contributed by atoms with Crippen LogP contribution in [0.1, 0.15) is 42.7 Å². The number of carbonyl (C=O) groups is 2. The van der Waals surface area contributed by atoms with Crippen molar-refractivity contribution in [3.05, 3.63) is 47.3 Å². The highest BCUT2D eigenvalue weighted by Gasteiger charge is 2.37. The van der Waals surface area contributed by atoms with Crippen molar-refractivity contribution in [3.8, 4) is 11.1 Å². The fraction of sp³-hybridized carbons (Fsp3) is 0.409. The first-order valence-electron chi connectivity index (χ1n) is 10.6. The largest absolute Gasteiger partial charge is 0.472 e. The Kier molecular flexibility index (Phi) is 6.13. The van der Waals surface area contributed by atoms with Crippen molar-refractivity contribution in [2.24, 2.45) is 0 Å². The van der Waals surface area contributed by atoms with E-state index in [1.165, 1.54) is 29.7 Å². The zero-order valence-electron chi connectivity index (χ0n) is 18.0. The number of aromatic nitrogens is 2. The third-order valence-electron chi connectivity index (χ3n) is 5.95. The van der Waals surface area contributed by atoms with E-state index in [4.69, 9.17) is 16.0 Å². The number of rotatable bonds is 5. The Balaban J connectivity index is 1.71. The molecule has 4 heterocycles. The van der Waals surface area contributed by atoms with Crippen LogP contribution < -0.4 is 0 Å². The lowest BCUT2D eigenvalue weighted by Gasteiger charge is -2.38. The quantitative estimate of drug-likeness (QED) is 0.526. The van der Waals surface area contributed by atoms with Crippen molar-refractivity contribution >= 4 is 29.1 Å². The van der Waals surface area contributed by atoms with Gasteiger partial charge in [-0.05, 0) is 25.0 Å². The van der Waals surface area contributed by atoms with Gasteiger partial charge in [0, 0.05) is 36.5 Å². The number of hydrogen-bond donors (Lipinski definition) is 0. The van der Waals surface area contributed by atoms with Gasteiger partial charge in [-0.15, -0.1) is 0 Å². The molecule has 0 radical (unpaired) electrons. The van der Waals surface area contributed by atoms with E-state index in [2.05, 4.69) is 4.98 Å². The Morgan fingerprint density at radius 3 is 2.55 bits per heavy atom. The van der Waals surface area contributed by atoms with Crippen LogP contribution in [-0.2, 0) is 11.0 Å². The lowest BCUT2D eigenvalue weighted by atomic mass is 10.1. The molecule has 3 aromatic heterocycles. The van der Waals surface area contributed by atoms with Gasteiger partial charge in [0.1, 0.15) is 11.7 Å². The molecule has 0 aromatic carbocycles. The molecule has 1 aliphatic heterocycles. The van der Waals surface area contributed by atoms with Gasteiger partial charge in [-0.2, -0.15) is 13.2 Å². The summed E-state index contributed by atoms with van der Waals surface area (Å²) in [5, 5.41) is -0.249. The minimum Gasteiger partial charge on any atom is -0.472 e. The smallest absolute Gasteiger partial charge is 0.420 e. The number of halogens is 4. The summed E-state index contributed by atoms with van der Waals surface area (Å²) in [6.45, 7) is 4.40. The highest BCUT2D eigenvalue weighted by Crippen LogP contribution is 2.37. The molecule has 4 rings (SSSR count). The molecule has 1 saturated heterocycles. The Bertz CT molecular complexity index is 1190. The summed E-state index contributed by atoms with van der Waals surface area (Å²) >= 11 is 6.35. The maximum Gasteiger partial charge on any atom is 0.420 e. The third-order valence-corrected chi connectivity index (χ3v) is 6.31. The van der Waals surface area contributed by atoms with E-state index in [0.29, 0.717) is 12.1 Å². The van der Waals surface area contributed by atoms with Gasteiger partial charge in [0.2, 0.25) is 5.91 Å². The van der Waals surface area contributed by atoms with Crippen LogP contribution in [0.25, 0.3) is 16.8 Å². The second-order valence-corrected chi connectivity index (χ2v) is 8.24. The first-order valence-corrected chi connectivity index (χ1v) is 10.9. The summed E-state index contributed by atoms with van der Waals surface area (Å²) in [5.41, 5.74) is -1.21. The number of imidazole rings is 1. The molecule has 0 unspecified atom stereocenters. The van der Waals surface area contributed by atoms with Crippen molar-refractivity contribution in [3.63, 3.8) is 0 Å². The van der Waals surface area contributed by atoms with Crippen LogP contribution in [0, 0.1) is 0 Å². The number of nitrogens with zero attached hydrogens (tertiary/aromatic N) is 4. The van der Waals surface area contributed by atoms with E-state index in [1.54, 1.807) is 4.90 Å². The lowest BCUT2D eigenvalue weighted by molar-refractivity contribution is -0.138. The van der Waals surface area contributed by atoms with Crippen LogP contribution in [0.3, 0.4) is 0 Å². The van der Waals surface area contributed by atoms with Gasteiger partial charge in [-0.1, -0.05) is 25.4 Å². The predicted molar refractivity (Wildman–Crippen MR) is 115 cm³/mol. The van der Waals surface area contributed by atoms with Crippen LogP contribution in [0.4, 0.5) is 13.2 Å². The second-order valence-electron chi connectivity index (χ2n) is 7.88. The molecular weight excluding hydrogens is 461 g/mol. The van der Waals surface area contributed by atoms with Crippen LogP contribution in [0.15, 0.2) is 35.3 Å². The number of carbonyl (C=O) groups excluding carboxylic acids is 2. The number of amides is 2. The first-order chi connectivity index (χ1) is 15.7. The van der Waals surface area contributed by atoms with Gasteiger partial charge in [-0.3, -0.25) is 14.0 Å². The molecule has 1 aliphatic rings. The molecule has 0 N–H and O–H groups in total. The van der Waals surface area contributed by atoms with Crippen molar-refractivity contribution in [2.75, 3.05) is 19.6 Å². The van der Waals surface area contributed by atoms with Gasteiger partial charge in [0.25, 0.3) is 5.91 Å². The van der Waals surface area contributed by atoms with Gasteiger partial charge in [0.05, 0.1) is 18.1 Å². The zero-order chi connectivity index (χ0) is 23.9. The number of alkyl halides is 3. The zero-order valence-corrected chi connectivity index (χ0v) is 18.8. The number of hydrogen-bond acceptors (Lipinski definition) is 4. The normalized spacial score (nSPS) is 15.2. The molecule has 33 heavy (non-hydrogen) atoms. The summed E-state index contributed by atoms with van der Waals surface area (Å²) in [4.78, 5) is 32.7. The number of furan rings is 1. The van der Waals surface area contributed by atoms with Crippen molar-refractivity contribution in [1.29, 1.82) is 0 Å². The van der Waals surface area contributed by atoms with Crippen LogP contribution in [0.2, 0.25) is 5.15 Å². The van der Waals surface area contributed by atoms with E-state index in [9.17, 15) is 22.8 Å². The fourth-order valence-corrected chi connectivity index (χ4v) is 4.43. The summed E-state index contributed by atoms with van der Waals surface area (Å²) in [5.74, 6) is -0.888. The molecule has 0 saturated carbocycles. The summed E-state index contributed by atoms with van der Waals surface area (Å²) in [7, 11) is 0. The molecule has 3 aromatic rings. The Morgan fingerprint density at radius 2 is 1.97 bits per heavy atom. The molecule has 7 nitrogen and oxygen atoms in total. The van der Waals surface area contributed by atoms with Gasteiger partial charge >= 0.3 is 6.18 Å². The van der Waals surface area contributed by atoms with Crippen LogP contribution in [0.5, 0.6) is 0 Å². The second kappa shape index (κ2) is 8.74. The van der Waals surface area contributed by atoms with Crippen molar-refractivity contribution in [2.45, 2.75) is 38.9 Å². The highest BCUT2D eigenvalue weighted by atomic mass is 35.5. The Labute approximate surface area is 192 Å². The number of piperazine rings is 1.